The lowest BCUT2D eigenvalue weighted by Gasteiger charge is -2.00. The lowest BCUT2D eigenvalue weighted by atomic mass is 10.2. The Morgan fingerprint density at radius 2 is 2.08 bits per heavy atom. The Bertz CT molecular complexity index is 338. The van der Waals surface area contributed by atoms with E-state index >= 15 is 0 Å². The number of hydrogen-bond donors (Lipinski definition) is 2. The SMILES string of the molecule is O=C(O)c1cc(I)c(O)cc1F. The molecule has 0 aliphatic carbocycles. The van der Waals surface area contributed by atoms with E-state index in [1.54, 1.807) is 22.6 Å². The van der Waals surface area contributed by atoms with Crippen LogP contribution >= 0.6 is 22.6 Å². The minimum Gasteiger partial charge on any atom is -0.507 e. The van der Waals surface area contributed by atoms with Gasteiger partial charge < -0.3 is 10.2 Å². The predicted octanol–water partition coefficient (Wildman–Crippen LogP) is 1.83. The molecule has 0 atom stereocenters. The number of benzene rings is 1. The van der Waals surface area contributed by atoms with Crippen molar-refractivity contribution in [2.75, 3.05) is 0 Å². The van der Waals surface area contributed by atoms with Crippen molar-refractivity contribution in [1.82, 2.24) is 0 Å². The zero-order valence-electron chi connectivity index (χ0n) is 5.71. The third-order valence-corrected chi connectivity index (χ3v) is 2.13. The first kappa shape index (κ1) is 9.24. The summed E-state index contributed by atoms with van der Waals surface area (Å²) in [6, 6.07) is 1.86. The Morgan fingerprint density at radius 1 is 1.50 bits per heavy atom. The first-order chi connectivity index (χ1) is 5.52. The maximum absolute atomic E-state index is 12.7. The van der Waals surface area contributed by atoms with E-state index in [0.717, 1.165) is 12.1 Å². The first-order valence-corrected chi connectivity index (χ1v) is 4.01. The molecule has 1 aromatic rings. The van der Waals surface area contributed by atoms with Gasteiger partial charge in [-0.05, 0) is 28.7 Å². The van der Waals surface area contributed by atoms with Gasteiger partial charge in [0.1, 0.15) is 11.6 Å². The number of phenols is 1. The van der Waals surface area contributed by atoms with Gasteiger partial charge in [0, 0.05) is 6.07 Å². The fraction of sp³-hybridized carbons (Fsp3) is 0. The van der Waals surface area contributed by atoms with Gasteiger partial charge in [0.05, 0.1) is 9.13 Å². The van der Waals surface area contributed by atoms with E-state index < -0.39 is 17.3 Å². The molecule has 0 saturated heterocycles. The largest absolute Gasteiger partial charge is 0.507 e. The third-order valence-electron chi connectivity index (χ3n) is 1.27. The van der Waals surface area contributed by atoms with Crippen LogP contribution in [-0.4, -0.2) is 16.2 Å². The van der Waals surface area contributed by atoms with Crippen LogP contribution in [0.4, 0.5) is 4.39 Å². The molecule has 0 aromatic heterocycles. The summed E-state index contributed by atoms with van der Waals surface area (Å²) in [5.41, 5.74) is -0.433. The van der Waals surface area contributed by atoms with Crippen molar-refractivity contribution in [3.63, 3.8) is 0 Å². The number of halogens is 2. The maximum Gasteiger partial charge on any atom is 0.338 e. The number of carbonyl (C=O) groups is 1. The summed E-state index contributed by atoms with van der Waals surface area (Å²) < 4.78 is 13.0. The van der Waals surface area contributed by atoms with Crippen LogP contribution in [0.25, 0.3) is 0 Å². The number of phenolic OH excluding ortho intramolecular Hbond substituents is 1. The van der Waals surface area contributed by atoms with Crippen LogP contribution in [-0.2, 0) is 0 Å². The molecular weight excluding hydrogens is 278 g/mol. The van der Waals surface area contributed by atoms with E-state index in [9.17, 15) is 9.18 Å². The topological polar surface area (TPSA) is 57.5 Å². The summed E-state index contributed by atoms with van der Waals surface area (Å²) in [7, 11) is 0. The Labute approximate surface area is 81.0 Å². The standard InChI is InChI=1S/C7H4FIO3/c8-4-2-6(10)5(9)1-3(4)7(11)12/h1-2,10H,(H,11,12). The van der Waals surface area contributed by atoms with Gasteiger partial charge in [0.15, 0.2) is 0 Å². The molecular formula is C7H4FIO3. The zero-order valence-corrected chi connectivity index (χ0v) is 7.87. The molecule has 0 aliphatic rings. The average molecular weight is 282 g/mol. The van der Waals surface area contributed by atoms with Crippen molar-refractivity contribution in [1.29, 1.82) is 0 Å². The summed E-state index contributed by atoms with van der Waals surface area (Å²) in [6.07, 6.45) is 0. The highest BCUT2D eigenvalue weighted by molar-refractivity contribution is 14.1. The van der Waals surface area contributed by atoms with Crippen molar-refractivity contribution in [2.45, 2.75) is 0 Å². The monoisotopic (exact) mass is 282 g/mol. The van der Waals surface area contributed by atoms with Gasteiger partial charge in [-0.2, -0.15) is 0 Å². The van der Waals surface area contributed by atoms with Crippen molar-refractivity contribution < 1.29 is 19.4 Å². The zero-order chi connectivity index (χ0) is 9.30. The Kier molecular flexibility index (Phi) is 2.51. The maximum atomic E-state index is 12.7. The predicted molar refractivity (Wildman–Crippen MR) is 47.7 cm³/mol. The molecule has 0 unspecified atom stereocenters. The molecule has 0 fully saturated rings. The first-order valence-electron chi connectivity index (χ1n) is 2.93. The number of hydrogen-bond acceptors (Lipinski definition) is 2. The van der Waals surface area contributed by atoms with Gasteiger partial charge in [0.2, 0.25) is 0 Å². The summed E-state index contributed by atoms with van der Waals surface area (Å²) in [5, 5.41) is 17.4. The second kappa shape index (κ2) is 3.26. The smallest absolute Gasteiger partial charge is 0.338 e. The molecule has 0 aliphatic heterocycles. The van der Waals surface area contributed by atoms with E-state index in [4.69, 9.17) is 10.2 Å². The van der Waals surface area contributed by atoms with E-state index in [2.05, 4.69) is 0 Å². The average Bonchev–Trinajstić information content (AvgIpc) is 1.96. The van der Waals surface area contributed by atoms with Crippen molar-refractivity contribution in [2.24, 2.45) is 0 Å². The number of rotatable bonds is 1. The fourth-order valence-corrected chi connectivity index (χ4v) is 1.17. The second-order valence-corrected chi connectivity index (χ2v) is 3.25. The lowest BCUT2D eigenvalue weighted by Crippen LogP contribution is -2.00. The molecule has 0 heterocycles. The number of carboxylic acid groups (broad SMARTS) is 1. The normalized spacial score (nSPS) is 9.83. The Morgan fingerprint density at radius 3 is 2.58 bits per heavy atom. The van der Waals surface area contributed by atoms with Crippen LogP contribution in [0.15, 0.2) is 12.1 Å². The summed E-state index contributed by atoms with van der Waals surface area (Å²) in [4.78, 5) is 10.4. The van der Waals surface area contributed by atoms with Crippen LogP contribution in [0.3, 0.4) is 0 Å². The molecule has 0 amide bonds. The molecule has 3 nitrogen and oxygen atoms in total. The molecule has 12 heavy (non-hydrogen) atoms. The van der Waals surface area contributed by atoms with E-state index in [-0.39, 0.29) is 5.75 Å². The summed E-state index contributed by atoms with van der Waals surface area (Å²) >= 11 is 1.72. The van der Waals surface area contributed by atoms with Crippen LogP contribution in [0.2, 0.25) is 0 Å². The van der Waals surface area contributed by atoms with Crippen LogP contribution in [0.1, 0.15) is 10.4 Å². The molecule has 0 spiro atoms. The van der Waals surface area contributed by atoms with Gasteiger partial charge >= 0.3 is 5.97 Å². The molecule has 0 radical (unpaired) electrons. The van der Waals surface area contributed by atoms with E-state index in [0.29, 0.717) is 3.57 Å². The molecule has 1 aromatic carbocycles. The third kappa shape index (κ3) is 1.66. The highest BCUT2D eigenvalue weighted by Crippen LogP contribution is 2.22. The van der Waals surface area contributed by atoms with Crippen LogP contribution in [0, 0.1) is 9.39 Å². The fourth-order valence-electron chi connectivity index (χ4n) is 0.700. The van der Waals surface area contributed by atoms with Crippen molar-refractivity contribution in [3.8, 4) is 5.75 Å². The molecule has 0 bridgehead atoms. The lowest BCUT2D eigenvalue weighted by molar-refractivity contribution is 0.0692. The summed E-state index contributed by atoms with van der Waals surface area (Å²) in [5.74, 6) is -2.52. The minimum absolute atomic E-state index is 0.252. The van der Waals surface area contributed by atoms with Gasteiger partial charge in [-0.15, -0.1) is 0 Å². The summed E-state index contributed by atoms with van der Waals surface area (Å²) in [6.45, 7) is 0. The van der Waals surface area contributed by atoms with E-state index in [1.807, 2.05) is 0 Å². The highest BCUT2D eigenvalue weighted by atomic mass is 127. The molecule has 1 rings (SSSR count). The number of carboxylic acids is 1. The molecule has 5 heteroatoms. The van der Waals surface area contributed by atoms with E-state index in [1.165, 1.54) is 0 Å². The van der Waals surface area contributed by atoms with Crippen LogP contribution in [0.5, 0.6) is 5.75 Å². The van der Waals surface area contributed by atoms with Gasteiger partial charge in [-0.1, -0.05) is 0 Å². The minimum atomic E-state index is -1.34. The number of aromatic carboxylic acids is 1. The van der Waals surface area contributed by atoms with Crippen molar-refractivity contribution in [3.05, 3.63) is 27.1 Å². The quantitative estimate of drug-likeness (QED) is 0.773. The Balaban J connectivity index is 3.33. The Hall–Kier alpha value is -0.850. The molecule has 0 saturated carbocycles. The van der Waals surface area contributed by atoms with Gasteiger partial charge in [0.25, 0.3) is 0 Å². The van der Waals surface area contributed by atoms with Gasteiger partial charge in [-0.25, -0.2) is 9.18 Å². The molecule has 64 valence electrons. The highest BCUT2D eigenvalue weighted by Gasteiger charge is 2.12. The molecule has 2 N–H and O–H groups in total. The number of aromatic hydroxyl groups is 1. The second-order valence-electron chi connectivity index (χ2n) is 2.09. The van der Waals surface area contributed by atoms with Crippen molar-refractivity contribution >= 4 is 28.6 Å². The van der Waals surface area contributed by atoms with Gasteiger partial charge in [-0.3, -0.25) is 0 Å². The van der Waals surface area contributed by atoms with Crippen LogP contribution < -0.4 is 0 Å².